The number of ether oxygens (including phenoxy) is 1. The Labute approximate surface area is 111 Å². The highest BCUT2D eigenvalue weighted by Gasteiger charge is 2.70. The van der Waals surface area contributed by atoms with E-state index < -0.39 is 5.60 Å². The van der Waals surface area contributed by atoms with E-state index >= 15 is 0 Å². The van der Waals surface area contributed by atoms with Crippen LogP contribution in [0.1, 0.15) is 40.0 Å². The maximum atomic E-state index is 11.7. The molecule has 0 spiro atoms. The molecule has 3 aliphatic rings. The van der Waals surface area contributed by atoms with Gasteiger partial charge in [0.2, 0.25) is 0 Å². The minimum absolute atomic E-state index is 0.0179. The van der Waals surface area contributed by atoms with Gasteiger partial charge < -0.3 is 15.2 Å². The van der Waals surface area contributed by atoms with Crippen LogP contribution in [0.5, 0.6) is 5.75 Å². The van der Waals surface area contributed by atoms with E-state index in [1.54, 1.807) is 10.9 Å². The molecule has 1 heterocycles. The zero-order valence-corrected chi connectivity index (χ0v) is 11.4. The number of carbonyl (C=O) groups is 1. The first-order valence-corrected chi connectivity index (χ1v) is 6.47. The molecule has 0 aromatic carbocycles. The largest absolute Gasteiger partial charge is 0.505 e. The summed E-state index contributed by atoms with van der Waals surface area (Å²) >= 11 is 0. The highest BCUT2D eigenvalue weighted by Crippen LogP contribution is 2.65. The molecule has 19 heavy (non-hydrogen) atoms. The van der Waals surface area contributed by atoms with Gasteiger partial charge in [0.15, 0.2) is 5.75 Å². The van der Waals surface area contributed by atoms with E-state index in [1.807, 2.05) is 20.8 Å². The van der Waals surface area contributed by atoms with E-state index in [9.17, 15) is 9.90 Å². The quantitative estimate of drug-likeness (QED) is 0.854. The van der Waals surface area contributed by atoms with E-state index in [1.165, 1.54) is 6.20 Å². The second-order valence-corrected chi connectivity index (χ2v) is 6.80. The van der Waals surface area contributed by atoms with Crippen molar-refractivity contribution in [1.82, 2.24) is 15.1 Å². The Morgan fingerprint density at radius 3 is 2.58 bits per heavy atom. The molecule has 0 aliphatic heterocycles. The summed E-state index contributed by atoms with van der Waals surface area (Å²) < 4.78 is 7.07. The first-order valence-electron chi connectivity index (χ1n) is 6.47. The van der Waals surface area contributed by atoms with Crippen LogP contribution in [-0.4, -0.2) is 32.1 Å². The predicted molar refractivity (Wildman–Crippen MR) is 67.8 cm³/mol. The molecule has 6 heteroatoms. The van der Waals surface area contributed by atoms with Crippen LogP contribution in [0.15, 0.2) is 12.4 Å². The van der Waals surface area contributed by atoms with Gasteiger partial charge in [-0.1, -0.05) is 0 Å². The average molecular weight is 265 g/mol. The Hall–Kier alpha value is -1.72. The summed E-state index contributed by atoms with van der Waals surface area (Å²) in [7, 11) is 0. The smallest absolute Gasteiger partial charge is 0.408 e. The van der Waals surface area contributed by atoms with Crippen molar-refractivity contribution in [2.24, 2.45) is 0 Å². The number of aromatic hydroxyl groups is 1. The van der Waals surface area contributed by atoms with E-state index in [0.717, 1.165) is 19.3 Å². The van der Waals surface area contributed by atoms with Crippen molar-refractivity contribution in [3.8, 4) is 5.75 Å². The van der Waals surface area contributed by atoms with Gasteiger partial charge in [0.05, 0.1) is 23.5 Å². The Kier molecular flexibility index (Phi) is 2.23. The van der Waals surface area contributed by atoms with Crippen LogP contribution in [-0.2, 0) is 10.3 Å². The molecule has 1 amide bonds. The monoisotopic (exact) mass is 265 g/mol. The van der Waals surface area contributed by atoms with Gasteiger partial charge in [-0.25, -0.2) is 4.79 Å². The van der Waals surface area contributed by atoms with Crippen molar-refractivity contribution >= 4 is 6.09 Å². The molecule has 3 aliphatic carbocycles. The van der Waals surface area contributed by atoms with Gasteiger partial charge in [-0.15, -0.1) is 0 Å². The summed E-state index contributed by atoms with van der Waals surface area (Å²) in [5, 5.41) is 16.4. The Balaban J connectivity index is 1.57. The summed E-state index contributed by atoms with van der Waals surface area (Å²) in [5.41, 5.74) is -0.626. The van der Waals surface area contributed by atoms with Crippen molar-refractivity contribution in [3.63, 3.8) is 0 Å². The Morgan fingerprint density at radius 1 is 1.47 bits per heavy atom. The Morgan fingerprint density at radius 2 is 2.11 bits per heavy atom. The second-order valence-electron chi connectivity index (χ2n) is 6.80. The van der Waals surface area contributed by atoms with Crippen LogP contribution in [0.3, 0.4) is 0 Å². The van der Waals surface area contributed by atoms with Gasteiger partial charge in [0.1, 0.15) is 5.60 Å². The lowest BCUT2D eigenvalue weighted by atomic mass is 9.44. The molecule has 2 bridgehead atoms. The molecule has 2 N–H and O–H groups in total. The minimum atomic E-state index is -0.473. The van der Waals surface area contributed by atoms with Crippen molar-refractivity contribution in [1.29, 1.82) is 0 Å². The lowest BCUT2D eigenvalue weighted by Crippen LogP contribution is -2.79. The second kappa shape index (κ2) is 3.43. The maximum absolute atomic E-state index is 11.7. The van der Waals surface area contributed by atoms with Crippen LogP contribution in [0, 0.1) is 0 Å². The molecule has 3 fully saturated rings. The summed E-state index contributed by atoms with van der Waals surface area (Å²) in [6.45, 7) is 5.55. The normalized spacial score (nSPS) is 32.2. The lowest BCUT2D eigenvalue weighted by molar-refractivity contribution is -0.143. The van der Waals surface area contributed by atoms with Crippen LogP contribution < -0.4 is 5.32 Å². The zero-order valence-electron chi connectivity index (χ0n) is 11.4. The number of aromatic nitrogens is 2. The van der Waals surface area contributed by atoms with E-state index in [0.29, 0.717) is 0 Å². The first-order chi connectivity index (χ1) is 8.72. The fourth-order valence-corrected chi connectivity index (χ4v) is 3.20. The number of rotatable bonds is 2. The third kappa shape index (κ3) is 1.95. The van der Waals surface area contributed by atoms with E-state index in [-0.39, 0.29) is 22.9 Å². The van der Waals surface area contributed by atoms with Crippen LogP contribution in [0.2, 0.25) is 0 Å². The van der Waals surface area contributed by atoms with Gasteiger partial charge in [-0.2, -0.15) is 5.10 Å². The van der Waals surface area contributed by atoms with Gasteiger partial charge in [-0.3, -0.25) is 4.68 Å². The summed E-state index contributed by atoms with van der Waals surface area (Å²) in [5.74, 6) is 0.180. The predicted octanol–water partition coefficient (Wildman–Crippen LogP) is 1.74. The average Bonchev–Trinajstić information content (AvgIpc) is 2.52. The van der Waals surface area contributed by atoms with Crippen LogP contribution >= 0.6 is 0 Å². The van der Waals surface area contributed by atoms with Crippen LogP contribution in [0.4, 0.5) is 4.79 Å². The third-order valence-electron chi connectivity index (χ3n) is 3.82. The fraction of sp³-hybridized carbons (Fsp3) is 0.692. The van der Waals surface area contributed by atoms with Crippen LogP contribution in [0.25, 0.3) is 0 Å². The molecule has 6 nitrogen and oxygen atoms in total. The lowest BCUT2D eigenvalue weighted by Gasteiger charge is -2.69. The van der Waals surface area contributed by atoms with E-state index in [4.69, 9.17) is 4.74 Å². The third-order valence-corrected chi connectivity index (χ3v) is 3.82. The summed E-state index contributed by atoms with van der Waals surface area (Å²) in [6, 6.07) is 0. The summed E-state index contributed by atoms with van der Waals surface area (Å²) in [6.07, 6.45) is 5.26. The molecule has 0 atom stereocenters. The SMILES string of the molecule is CC(C)(C)OC(=O)NC12CC(n3cc(O)cn3)(C1)C2. The standard InChI is InChI=1S/C13H19N3O3/c1-11(2,3)19-10(18)15-12-6-13(7-12,8-12)16-5-9(17)4-14-16/h4-5,17H,6-8H2,1-3H3,(H,15,18). The first kappa shape index (κ1) is 12.3. The molecule has 0 unspecified atom stereocenters. The van der Waals surface area contributed by atoms with Gasteiger partial charge in [0, 0.05) is 0 Å². The number of hydrogen-bond donors (Lipinski definition) is 2. The van der Waals surface area contributed by atoms with Crippen molar-refractivity contribution in [2.75, 3.05) is 0 Å². The number of nitrogens with one attached hydrogen (secondary N) is 1. The molecule has 104 valence electrons. The number of carbonyl (C=O) groups excluding carboxylic acids is 1. The fourth-order valence-electron chi connectivity index (χ4n) is 3.20. The number of amides is 1. The highest BCUT2D eigenvalue weighted by molar-refractivity contribution is 5.70. The molecule has 1 aromatic rings. The Bertz CT molecular complexity index is 510. The minimum Gasteiger partial charge on any atom is -0.505 e. The molecular formula is C13H19N3O3. The molecule has 3 saturated carbocycles. The van der Waals surface area contributed by atoms with Crippen molar-refractivity contribution in [2.45, 2.75) is 56.7 Å². The van der Waals surface area contributed by atoms with E-state index in [2.05, 4.69) is 10.4 Å². The molecule has 0 saturated heterocycles. The topological polar surface area (TPSA) is 76.4 Å². The maximum Gasteiger partial charge on any atom is 0.408 e. The van der Waals surface area contributed by atoms with Gasteiger partial charge >= 0.3 is 6.09 Å². The molecule has 1 aromatic heterocycles. The number of nitrogens with zero attached hydrogens (tertiary/aromatic N) is 2. The molecule has 4 rings (SSSR count). The number of hydrogen-bond acceptors (Lipinski definition) is 4. The van der Waals surface area contributed by atoms with Crippen molar-refractivity contribution in [3.05, 3.63) is 12.4 Å². The molecule has 0 radical (unpaired) electrons. The zero-order chi connectivity index (χ0) is 13.9. The highest BCUT2D eigenvalue weighted by atomic mass is 16.6. The van der Waals surface area contributed by atoms with Crippen molar-refractivity contribution < 1.29 is 14.6 Å². The molecular weight excluding hydrogens is 246 g/mol. The van der Waals surface area contributed by atoms with Gasteiger partial charge in [0.25, 0.3) is 0 Å². The summed E-state index contributed by atoms with van der Waals surface area (Å²) in [4.78, 5) is 11.7. The van der Waals surface area contributed by atoms with Gasteiger partial charge in [-0.05, 0) is 40.0 Å². The number of alkyl carbamates (subject to hydrolysis) is 1.